The number of hydrogen-bond acceptors (Lipinski definition) is 4. The second kappa shape index (κ2) is 10.7. The zero-order valence-electron chi connectivity index (χ0n) is 20.8. The number of nitrogens with one attached hydrogen (secondary N) is 1. The maximum Gasteiger partial charge on any atom is 0.416 e. The van der Waals surface area contributed by atoms with E-state index in [9.17, 15) is 35.9 Å². The number of Topliss-reactive ketones (excluding diaryl/α,β-unsaturated/α-hetero) is 1. The molecule has 0 spiro atoms. The number of halogens is 6. The Morgan fingerprint density at radius 2 is 1.58 bits per heavy atom. The van der Waals surface area contributed by atoms with Crippen LogP contribution in [0.15, 0.2) is 48.5 Å². The van der Waals surface area contributed by atoms with Gasteiger partial charge in [-0.1, -0.05) is 50.2 Å². The molecule has 0 saturated carbocycles. The van der Waals surface area contributed by atoms with E-state index in [1.165, 1.54) is 41.3 Å². The van der Waals surface area contributed by atoms with Crippen molar-refractivity contribution in [3.05, 3.63) is 59.7 Å². The van der Waals surface area contributed by atoms with Gasteiger partial charge >= 0.3 is 12.4 Å². The van der Waals surface area contributed by atoms with Gasteiger partial charge in [0.2, 0.25) is 5.91 Å². The van der Waals surface area contributed by atoms with Crippen LogP contribution in [-0.4, -0.2) is 54.1 Å². The zero-order chi connectivity index (χ0) is 27.8. The fraction of sp³-hybridized carbons (Fsp3) is 0.481. The van der Waals surface area contributed by atoms with Crippen LogP contribution in [0.3, 0.4) is 0 Å². The second-order valence-corrected chi connectivity index (χ2v) is 10.1. The Hall–Kier alpha value is -2.92. The summed E-state index contributed by atoms with van der Waals surface area (Å²) in [5.41, 5.74) is -0.105. The molecule has 4 rings (SSSR count). The summed E-state index contributed by atoms with van der Waals surface area (Å²) in [5, 5.41) is 2.50. The molecule has 1 amide bonds. The zero-order valence-corrected chi connectivity index (χ0v) is 20.8. The summed E-state index contributed by atoms with van der Waals surface area (Å²) in [7, 11) is 0. The number of benzene rings is 2. The number of ether oxygens (including phenoxy) is 1. The number of nitrogens with zero attached hydrogens (tertiary/aromatic N) is 1. The molecule has 38 heavy (non-hydrogen) atoms. The lowest BCUT2D eigenvalue weighted by Crippen LogP contribution is -2.53. The Morgan fingerprint density at radius 3 is 2.11 bits per heavy atom. The van der Waals surface area contributed by atoms with Gasteiger partial charge in [0, 0.05) is 6.54 Å². The van der Waals surface area contributed by atoms with Gasteiger partial charge in [-0.3, -0.25) is 14.9 Å². The van der Waals surface area contributed by atoms with E-state index < -0.39 is 48.1 Å². The van der Waals surface area contributed by atoms with Gasteiger partial charge in [0.05, 0.1) is 17.7 Å². The Labute approximate surface area is 216 Å². The Bertz CT molecular complexity index is 1150. The van der Waals surface area contributed by atoms with Crippen molar-refractivity contribution < 1.29 is 40.7 Å². The third kappa shape index (κ3) is 6.04. The van der Waals surface area contributed by atoms with Gasteiger partial charge in [-0.25, -0.2) is 0 Å². The molecule has 2 aromatic rings. The minimum absolute atomic E-state index is 0.110. The van der Waals surface area contributed by atoms with E-state index in [4.69, 9.17) is 4.74 Å². The highest BCUT2D eigenvalue weighted by Crippen LogP contribution is 2.36. The molecule has 0 radical (unpaired) electrons. The number of carbonyl (C=O) groups is 2. The maximum absolute atomic E-state index is 14.2. The molecule has 2 aliphatic heterocycles. The quantitative estimate of drug-likeness (QED) is 0.467. The molecule has 11 heteroatoms. The van der Waals surface area contributed by atoms with Crippen LogP contribution in [0, 0.1) is 5.92 Å². The summed E-state index contributed by atoms with van der Waals surface area (Å²) < 4.78 is 86.6. The van der Waals surface area contributed by atoms with Gasteiger partial charge in [-0.05, 0) is 47.6 Å². The standard InChI is InChI=1S/C27H28F6N2O3/c1-15(2)13-20(25(37)35-12-11-22-23(35)21(36)14-38-22)34-24(27(31,32)33)18-5-3-16(4-6-18)17-7-9-19(10-8-17)26(28,29)30/h3-10,15,20,22-24,34H,11-14H2,1-2H3/t20-,22+,23+,24-/m0/s1. The van der Waals surface area contributed by atoms with E-state index in [-0.39, 0.29) is 36.8 Å². The normalized spacial score (nSPS) is 21.6. The predicted molar refractivity (Wildman–Crippen MR) is 127 cm³/mol. The summed E-state index contributed by atoms with van der Waals surface area (Å²) in [4.78, 5) is 27.0. The first-order valence-corrected chi connectivity index (χ1v) is 12.3. The first kappa shape index (κ1) is 28.1. The molecule has 2 heterocycles. The first-order valence-electron chi connectivity index (χ1n) is 12.3. The van der Waals surface area contributed by atoms with Crippen molar-refractivity contribution in [3.8, 4) is 11.1 Å². The molecule has 2 aromatic carbocycles. The van der Waals surface area contributed by atoms with Crippen molar-refractivity contribution in [1.29, 1.82) is 0 Å². The van der Waals surface area contributed by atoms with Crippen molar-refractivity contribution in [3.63, 3.8) is 0 Å². The molecule has 2 saturated heterocycles. The smallest absolute Gasteiger partial charge is 0.368 e. The van der Waals surface area contributed by atoms with Crippen molar-refractivity contribution in [2.45, 2.75) is 63.3 Å². The van der Waals surface area contributed by atoms with Gasteiger partial charge < -0.3 is 9.64 Å². The molecule has 0 bridgehead atoms. The molecule has 2 fully saturated rings. The lowest BCUT2D eigenvalue weighted by Gasteiger charge is -2.32. The summed E-state index contributed by atoms with van der Waals surface area (Å²) >= 11 is 0. The number of carbonyl (C=O) groups excluding carboxylic acids is 2. The van der Waals surface area contributed by atoms with Crippen LogP contribution in [0.5, 0.6) is 0 Å². The Balaban J connectivity index is 1.57. The molecule has 0 aliphatic carbocycles. The molecule has 0 unspecified atom stereocenters. The van der Waals surface area contributed by atoms with E-state index in [1.54, 1.807) is 13.8 Å². The van der Waals surface area contributed by atoms with Gasteiger partial charge in [-0.2, -0.15) is 26.3 Å². The molecule has 2 aliphatic rings. The van der Waals surface area contributed by atoms with Crippen LogP contribution >= 0.6 is 0 Å². The maximum atomic E-state index is 14.2. The van der Waals surface area contributed by atoms with Crippen molar-refractivity contribution in [2.24, 2.45) is 5.92 Å². The molecular weight excluding hydrogens is 514 g/mol. The topological polar surface area (TPSA) is 58.6 Å². The van der Waals surface area contributed by atoms with Crippen LogP contribution in [0.2, 0.25) is 0 Å². The number of likely N-dealkylation sites (tertiary alicyclic amines) is 1. The largest absolute Gasteiger partial charge is 0.416 e. The third-order valence-electron chi connectivity index (χ3n) is 6.89. The van der Waals surface area contributed by atoms with E-state index in [0.717, 1.165) is 12.1 Å². The van der Waals surface area contributed by atoms with Crippen molar-refractivity contribution >= 4 is 11.7 Å². The lowest BCUT2D eigenvalue weighted by molar-refractivity contribution is -0.163. The summed E-state index contributed by atoms with van der Waals surface area (Å²) in [6, 6.07) is 5.49. The molecular formula is C27H28F6N2O3. The molecule has 5 nitrogen and oxygen atoms in total. The van der Waals surface area contributed by atoms with Crippen LogP contribution in [0.4, 0.5) is 26.3 Å². The number of rotatable bonds is 7. The molecule has 4 atom stereocenters. The van der Waals surface area contributed by atoms with Crippen molar-refractivity contribution in [1.82, 2.24) is 10.2 Å². The minimum Gasteiger partial charge on any atom is -0.368 e. The van der Waals surface area contributed by atoms with Crippen molar-refractivity contribution in [2.75, 3.05) is 13.2 Å². The SMILES string of the molecule is CC(C)C[C@H](N[C@@H](c1ccc(-c2ccc(C(F)(F)F)cc2)cc1)C(F)(F)F)C(=O)N1CC[C@H]2OCC(=O)[C@H]21. The van der Waals surface area contributed by atoms with Gasteiger partial charge in [0.25, 0.3) is 0 Å². The van der Waals surface area contributed by atoms with Gasteiger partial charge in [-0.15, -0.1) is 0 Å². The van der Waals surface area contributed by atoms with E-state index >= 15 is 0 Å². The molecule has 0 aromatic heterocycles. The fourth-order valence-electron chi connectivity index (χ4n) is 5.05. The van der Waals surface area contributed by atoms with Crippen LogP contribution in [0.25, 0.3) is 11.1 Å². The minimum atomic E-state index is -4.74. The highest BCUT2D eigenvalue weighted by Gasteiger charge is 2.49. The number of amides is 1. The fourth-order valence-corrected chi connectivity index (χ4v) is 5.05. The highest BCUT2D eigenvalue weighted by molar-refractivity contribution is 5.94. The van der Waals surface area contributed by atoms with Crippen LogP contribution in [-0.2, 0) is 20.5 Å². The van der Waals surface area contributed by atoms with Crippen LogP contribution in [0.1, 0.15) is 43.9 Å². The number of alkyl halides is 6. The third-order valence-corrected chi connectivity index (χ3v) is 6.89. The number of hydrogen-bond donors (Lipinski definition) is 1. The monoisotopic (exact) mass is 542 g/mol. The summed E-state index contributed by atoms with van der Waals surface area (Å²) in [6.07, 6.45) is -9.10. The Kier molecular flexibility index (Phi) is 7.90. The highest BCUT2D eigenvalue weighted by atomic mass is 19.4. The molecule has 1 N–H and O–H groups in total. The predicted octanol–water partition coefficient (Wildman–Crippen LogP) is 5.55. The molecule has 206 valence electrons. The number of fused-ring (bicyclic) bond motifs is 1. The first-order chi connectivity index (χ1) is 17.8. The lowest BCUT2D eigenvalue weighted by atomic mass is 9.97. The Morgan fingerprint density at radius 1 is 1.00 bits per heavy atom. The summed E-state index contributed by atoms with van der Waals surface area (Å²) in [5.74, 6) is -0.933. The van der Waals surface area contributed by atoms with Gasteiger partial charge in [0.1, 0.15) is 18.7 Å². The average molecular weight is 543 g/mol. The van der Waals surface area contributed by atoms with E-state index in [0.29, 0.717) is 17.5 Å². The van der Waals surface area contributed by atoms with Crippen LogP contribution < -0.4 is 5.32 Å². The average Bonchev–Trinajstić information content (AvgIpc) is 3.43. The van der Waals surface area contributed by atoms with Gasteiger partial charge in [0.15, 0.2) is 5.78 Å². The van der Waals surface area contributed by atoms with E-state index in [2.05, 4.69) is 5.32 Å². The second-order valence-electron chi connectivity index (χ2n) is 10.1. The number of ketones is 1. The van der Waals surface area contributed by atoms with E-state index in [1.807, 2.05) is 0 Å². The summed E-state index contributed by atoms with van der Waals surface area (Å²) in [6.45, 7) is 3.70.